The average Bonchev–Trinajstić information content (AvgIpc) is 2.71. The van der Waals surface area contributed by atoms with Crippen molar-refractivity contribution in [2.24, 2.45) is 0 Å². The van der Waals surface area contributed by atoms with Gasteiger partial charge in [-0.3, -0.25) is 9.59 Å². The number of amides is 2. The second-order valence-electron chi connectivity index (χ2n) is 6.15. The van der Waals surface area contributed by atoms with Crippen LogP contribution in [0.5, 0.6) is 5.75 Å². The molecular formula is C22H19ClN2O3. The molecule has 0 fully saturated rings. The molecule has 5 nitrogen and oxygen atoms in total. The monoisotopic (exact) mass is 394 g/mol. The van der Waals surface area contributed by atoms with Crippen LogP contribution in [-0.4, -0.2) is 18.9 Å². The molecule has 0 spiro atoms. The molecule has 0 aliphatic rings. The Hall–Kier alpha value is -3.31. The summed E-state index contributed by atoms with van der Waals surface area (Å²) in [5.74, 6) is -0.100. The van der Waals surface area contributed by atoms with Crippen LogP contribution < -0.4 is 15.4 Å². The molecule has 3 rings (SSSR count). The summed E-state index contributed by atoms with van der Waals surface area (Å²) >= 11 is 6.00. The third kappa shape index (κ3) is 4.50. The highest BCUT2D eigenvalue weighted by Crippen LogP contribution is 2.24. The third-order valence-corrected chi connectivity index (χ3v) is 4.43. The molecule has 0 unspecified atom stereocenters. The molecule has 3 aromatic carbocycles. The Labute approximate surface area is 168 Å². The number of benzene rings is 3. The van der Waals surface area contributed by atoms with Gasteiger partial charge in [-0.1, -0.05) is 35.9 Å². The normalized spacial score (nSPS) is 10.2. The number of halogens is 1. The van der Waals surface area contributed by atoms with Crippen molar-refractivity contribution in [1.29, 1.82) is 0 Å². The number of nitrogens with one attached hydrogen (secondary N) is 2. The Morgan fingerprint density at radius 3 is 2.14 bits per heavy atom. The van der Waals surface area contributed by atoms with Crippen LogP contribution in [-0.2, 0) is 0 Å². The van der Waals surface area contributed by atoms with Gasteiger partial charge >= 0.3 is 0 Å². The van der Waals surface area contributed by atoms with E-state index >= 15 is 0 Å². The summed E-state index contributed by atoms with van der Waals surface area (Å²) in [6.45, 7) is 1.88. The number of hydrogen-bond donors (Lipinski definition) is 2. The average molecular weight is 395 g/mol. The number of aryl methyl sites for hydroxylation is 1. The van der Waals surface area contributed by atoms with Crippen LogP contribution >= 0.6 is 11.6 Å². The highest BCUT2D eigenvalue weighted by Gasteiger charge is 2.13. The van der Waals surface area contributed by atoms with Gasteiger partial charge < -0.3 is 15.4 Å². The number of hydrogen-bond acceptors (Lipinski definition) is 3. The van der Waals surface area contributed by atoms with Crippen LogP contribution in [0.4, 0.5) is 11.4 Å². The maximum absolute atomic E-state index is 12.6. The van der Waals surface area contributed by atoms with E-state index in [1.165, 1.54) is 7.11 Å². The smallest absolute Gasteiger partial charge is 0.255 e. The fourth-order valence-corrected chi connectivity index (χ4v) is 2.84. The Morgan fingerprint density at radius 2 is 1.46 bits per heavy atom. The molecule has 142 valence electrons. The summed E-state index contributed by atoms with van der Waals surface area (Å²) in [7, 11) is 1.54. The first kappa shape index (κ1) is 19.5. The lowest BCUT2D eigenvalue weighted by molar-refractivity contribution is 0.102. The quantitative estimate of drug-likeness (QED) is 0.628. The molecule has 0 aliphatic carbocycles. The minimum atomic E-state index is -0.335. The molecule has 0 saturated heterocycles. The molecular weight excluding hydrogens is 376 g/mol. The number of methoxy groups -OCH3 is 1. The summed E-state index contributed by atoms with van der Waals surface area (Å²) in [5, 5.41) is 6.16. The van der Waals surface area contributed by atoms with Gasteiger partial charge in [0.25, 0.3) is 11.8 Å². The van der Waals surface area contributed by atoms with Crippen molar-refractivity contribution >= 4 is 34.8 Å². The summed E-state index contributed by atoms with van der Waals surface area (Å²) in [6, 6.07) is 18.9. The maximum atomic E-state index is 12.6. The molecule has 6 heteroatoms. The molecule has 0 aliphatic heterocycles. The first-order valence-electron chi connectivity index (χ1n) is 8.60. The van der Waals surface area contributed by atoms with E-state index in [4.69, 9.17) is 16.3 Å². The second kappa shape index (κ2) is 8.59. The molecule has 0 radical (unpaired) electrons. The van der Waals surface area contributed by atoms with E-state index in [0.29, 0.717) is 33.3 Å². The number of carbonyl (C=O) groups is 2. The largest absolute Gasteiger partial charge is 0.495 e. The lowest BCUT2D eigenvalue weighted by Gasteiger charge is -2.11. The maximum Gasteiger partial charge on any atom is 0.255 e. The Kier molecular flexibility index (Phi) is 5.96. The molecule has 0 aromatic heterocycles. The van der Waals surface area contributed by atoms with Crippen LogP contribution in [0.25, 0.3) is 0 Å². The van der Waals surface area contributed by atoms with Crippen molar-refractivity contribution in [2.45, 2.75) is 6.92 Å². The fraction of sp³-hybridized carbons (Fsp3) is 0.0909. The molecule has 2 amide bonds. The van der Waals surface area contributed by atoms with E-state index in [2.05, 4.69) is 10.6 Å². The van der Waals surface area contributed by atoms with E-state index in [-0.39, 0.29) is 11.8 Å². The summed E-state index contributed by atoms with van der Waals surface area (Å²) < 4.78 is 5.24. The minimum absolute atomic E-state index is 0.322. The molecule has 0 heterocycles. The number of rotatable bonds is 5. The van der Waals surface area contributed by atoms with E-state index in [9.17, 15) is 9.59 Å². The zero-order valence-electron chi connectivity index (χ0n) is 15.5. The second-order valence-corrected chi connectivity index (χ2v) is 6.59. The highest BCUT2D eigenvalue weighted by molar-refractivity contribution is 6.31. The van der Waals surface area contributed by atoms with Crippen molar-refractivity contribution in [1.82, 2.24) is 0 Å². The first-order valence-corrected chi connectivity index (χ1v) is 8.97. The molecule has 2 N–H and O–H groups in total. The predicted octanol–water partition coefficient (Wildman–Crippen LogP) is 5.16. The Bertz CT molecular complexity index is 1030. The summed E-state index contributed by atoms with van der Waals surface area (Å²) in [5.41, 5.74) is 2.80. The zero-order chi connectivity index (χ0) is 20.1. The Morgan fingerprint density at radius 1 is 0.821 bits per heavy atom. The van der Waals surface area contributed by atoms with Gasteiger partial charge in [0.2, 0.25) is 0 Å². The SMILES string of the molecule is COc1ccccc1NC(=O)c1cccc(C(=O)Nc2cc(Cl)ccc2C)c1. The van der Waals surface area contributed by atoms with Gasteiger partial charge in [-0.05, 0) is 55.0 Å². The van der Waals surface area contributed by atoms with Crippen molar-refractivity contribution in [3.8, 4) is 5.75 Å². The van der Waals surface area contributed by atoms with E-state index in [1.54, 1.807) is 54.6 Å². The number of para-hydroxylation sites is 2. The molecule has 0 saturated carbocycles. The highest BCUT2D eigenvalue weighted by atomic mass is 35.5. The van der Waals surface area contributed by atoms with Gasteiger partial charge in [0.15, 0.2) is 0 Å². The van der Waals surface area contributed by atoms with Crippen LogP contribution in [0.2, 0.25) is 5.02 Å². The van der Waals surface area contributed by atoms with Crippen molar-refractivity contribution in [2.75, 3.05) is 17.7 Å². The molecule has 0 bridgehead atoms. The Balaban J connectivity index is 1.78. The van der Waals surface area contributed by atoms with Crippen LogP contribution in [0.1, 0.15) is 26.3 Å². The van der Waals surface area contributed by atoms with Gasteiger partial charge in [-0.25, -0.2) is 0 Å². The van der Waals surface area contributed by atoms with Crippen molar-refractivity contribution < 1.29 is 14.3 Å². The summed E-state index contributed by atoms with van der Waals surface area (Å²) in [4.78, 5) is 25.2. The van der Waals surface area contributed by atoms with Gasteiger partial charge in [0, 0.05) is 21.8 Å². The van der Waals surface area contributed by atoms with Gasteiger partial charge in [0.1, 0.15) is 5.75 Å². The predicted molar refractivity (Wildman–Crippen MR) is 112 cm³/mol. The molecule has 0 atom stereocenters. The third-order valence-electron chi connectivity index (χ3n) is 4.19. The number of carbonyl (C=O) groups excluding carboxylic acids is 2. The van der Waals surface area contributed by atoms with Crippen molar-refractivity contribution in [3.63, 3.8) is 0 Å². The number of anilines is 2. The van der Waals surface area contributed by atoms with Gasteiger partial charge in [0.05, 0.1) is 12.8 Å². The molecule has 28 heavy (non-hydrogen) atoms. The molecule has 3 aromatic rings. The van der Waals surface area contributed by atoms with Gasteiger partial charge in [-0.2, -0.15) is 0 Å². The zero-order valence-corrected chi connectivity index (χ0v) is 16.2. The fourth-order valence-electron chi connectivity index (χ4n) is 2.67. The van der Waals surface area contributed by atoms with Gasteiger partial charge in [-0.15, -0.1) is 0 Å². The lowest BCUT2D eigenvalue weighted by atomic mass is 10.1. The summed E-state index contributed by atoms with van der Waals surface area (Å²) in [6.07, 6.45) is 0. The van der Waals surface area contributed by atoms with Crippen LogP contribution in [0.15, 0.2) is 66.7 Å². The van der Waals surface area contributed by atoms with Crippen molar-refractivity contribution in [3.05, 3.63) is 88.4 Å². The number of ether oxygens (including phenoxy) is 1. The standard InChI is InChI=1S/C22H19ClN2O3/c1-14-10-11-17(23)13-19(14)25-22(27)16-7-5-6-15(12-16)21(26)24-18-8-3-4-9-20(18)28-2/h3-13H,1-2H3,(H,24,26)(H,25,27). The van der Waals surface area contributed by atoms with Crippen LogP contribution in [0, 0.1) is 6.92 Å². The minimum Gasteiger partial charge on any atom is -0.495 e. The van der Waals surface area contributed by atoms with E-state index in [0.717, 1.165) is 5.56 Å². The van der Waals surface area contributed by atoms with E-state index in [1.807, 2.05) is 19.1 Å². The lowest BCUT2D eigenvalue weighted by Crippen LogP contribution is -2.16. The van der Waals surface area contributed by atoms with E-state index < -0.39 is 0 Å². The first-order chi connectivity index (χ1) is 13.5. The topological polar surface area (TPSA) is 67.4 Å². The van der Waals surface area contributed by atoms with Crippen LogP contribution in [0.3, 0.4) is 0 Å².